The van der Waals surface area contributed by atoms with Gasteiger partial charge in [-0.2, -0.15) is 0 Å². The van der Waals surface area contributed by atoms with Gasteiger partial charge in [-0.25, -0.2) is 0 Å². The van der Waals surface area contributed by atoms with Crippen molar-refractivity contribution in [1.82, 2.24) is 4.90 Å². The molecule has 2 N–H and O–H groups in total. The van der Waals surface area contributed by atoms with Crippen LogP contribution in [0.1, 0.15) is 18.4 Å². The lowest BCUT2D eigenvalue weighted by molar-refractivity contribution is 0.179. The van der Waals surface area contributed by atoms with Crippen molar-refractivity contribution in [2.24, 2.45) is 0 Å². The minimum absolute atomic E-state index is 0.847. The largest absolute Gasteiger partial charge is 0.399 e. The van der Waals surface area contributed by atoms with Crippen LogP contribution in [0.25, 0.3) is 0 Å². The minimum atomic E-state index is 0.847. The molecule has 0 aromatic heterocycles. The van der Waals surface area contributed by atoms with Crippen molar-refractivity contribution in [2.45, 2.75) is 19.3 Å². The Hall–Kier alpha value is -1.06. The van der Waals surface area contributed by atoms with E-state index in [0.29, 0.717) is 0 Å². The van der Waals surface area contributed by atoms with Gasteiger partial charge in [0.05, 0.1) is 0 Å². The first-order valence-electron chi connectivity index (χ1n) is 6.24. The summed E-state index contributed by atoms with van der Waals surface area (Å²) >= 11 is 0. The fraction of sp³-hybridized carbons (Fsp3) is 0.571. The van der Waals surface area contributed by atoms with Crippen LogP contribution in [-0.4, -0.2) is 38.8 Å². The zero-order valence-corrected chi connectivity index (χ0v) is 11.0. The average molecular weight is 236 g/mol. The molecular formula is C14H24N2O. The first kappa shape index (κ1) is 14.0. The number of benzene rings is 1. The third-order valence-electron chi connectivity index (χ3n) is 2.84. The number of aryl methyl sites for hydroxylation is 1. The summed E-state index contributed by atoms with van der Waals surface area (Å²) in [5.74, 6) is 0. The highest BCUT2D eigenvalue weighted by Gasteiger charge is 1.99. The predicted octanol–water partition coefficient (Wildman–Crippen LogP) is 2.17. The van der Waals surface area contributed by atoms with Gasteiger partial charge in [-0.05, 0) is 50.6 Å². The van der Waals surface area contributed by atoms with Gasteiger partial charge >= 0.3 is 0 Å². The Morgan fingerprint density at radius 1 is 1.24 bits per heavy atom. The monoisotopic (exact) mass is 236 g/mol. The van der Waals surface area contributed by atoms with Crippen LogP contribution in [0, 0.1) is 0 Å². The zero-order valence-electron chi connectivity index (χ0n) is 11.0. The molecule has 0 amide bonds. The molecule has 0 atom stereocenters. The summed E-state index contributed by atoms with van der Waals surface area (Å²) in [6, 6.07) is 8.15. The Bertz CT molecular complexity index is 315. The number of hydrogen-bond donors (Lipinski definition) is 1. The summed E-state index contributed by atoms with van der Waals surface area (Å²) in [7, 11) is 3.91. The zero-order chi connectivity index (χ0) is 12.5. The Labute approximate surface area is 105 Å². The van der Waals surface area contributed by atoms with E-state index in [-0.39, 0.29) is 0 Å². The standard InChI is InChI=1S/C14H24N2O/c1-16(10-5-11-17-2)9-4-7-13-6-3-8-14(15)12-13/h3,6,8,12H,4-5,7,9-11,15H2,1-2H3. The van der Waals surface area contributed by atoms with E-state index in [1.165, 1.54) is 12.0 Å². The van der Waals surface area contributed by atoms with Crippen LogP contribution in [0.15, 0.2) is 24.3 Å². The molecule has 1 aromatic carbocycles. The molecule has 1 aromatic rings. The van der Waals surface area contributed by atoms with Crippen LogP contribution in [-0.2, 0) is 11.2 Å². The van der Waals surface area contributed by atoms with E-state index in [2.05, 4.69) is 24.1 Å². The second-order valence-corrected chi connectivity index (χ2v) is 4.50. The highest BCUT2D eigenvalue weighted by Crippen LogP contribution is 2.08. The Morgan fingerprint density at radius 2 is 2.00 bits per heavy atom. The average Bonchev–Trinajstić information content (AvgIpc) is 2.29. The number of ether oxygens (including phenoxy) is 1. The van der Waals surface area contributed by atoms with E-state index in [1.54, 1.807) is 7.11 Å². The lowest BCUT2D eigenvalue weighted by Crippen LogP contribution is -2.22. The molecule has 1 rings (SSSR count). The van der Waals surface area contributed by atoms with Crippen molar-refractivity contribution in [3.63, 3.8) is 0 Å². The van der Waals surface area contributed by atoms with Gasteiger partial charge in [0, 0.05) is 25.9 Å². The van der Waals surface area contributed by atoms with Crippen LogP contribution >= 0.6 is 0 Å². The number of methoxy groups -OCH3 is 1. The fourth-order valence-corrected chi connectivity index (χ4v) is 1.89. The van der Waals surface area contributed by atoms with E-state index >= 15 is 0 Å². The smallest absolute Gasteiger partial charge is 0.0474 e. The van der Waals surface area contributed by atoms with Crippen LogP contribution in [0.5, 0.6) is 0 Å². The Balaban J connectivity index is 2.14. The third kappa shape index (κ3) is 6.29. The lowest BCUT2D eigenvalue weighted by atomic mass is 10.1. The van der Waals surface area contributed by atoms with Crippen molar-refractivity contribution in [3.05, 3.63) is 29.8 Å². The number of rotatable bonds is 8. The van der Waals surface area contributed by atoms with E-state index in [9.17, 15) is 0 Å². The Morgan fingerprint density at radius 3 is 2.71 bits per heavy atom. The second kappa shape index (κ2) is 8.09. The number of nitrogen functional groups attached to an aromatic ring is 1. The van der Waals surface area contributed by atoms with Crippen LogP contribution in [0.4, 0.5) is 5.69 Å². The molecule has 0 fully saturated rings. The van der Waals surface area contributed by atoms with Gasteiger partial charge in [-0.1, -0.05) is 12.1 Å². The fourth-order valence-electron chi connectivity index (χ4n) is 1.89. The summed E-state index contributed by atoms with van der Waals surface area (Å²) in [5, 5.41) is 0. The van der Waals surface area contributed by atoms with Gasteiger partial charge < -0.3 is 15.4 Å². The number of nitrogens with zero attached hydrogens (tertiary/aromatic N) is 1. The number of hydrogen-bond acceptors (Lipinski definition) is 3. The van der Waals surface area contributed by atoms with Crippen LogP contribution < -0.4 is 5.73 Å². The normalized spacial score (nSPS) is 11.0. The molecular weight excluding hydrogens is 212 g/mol. The maximum Gasteiger partial charge on any atom is 0.0474 e. The van der Waals surface area contributed by atoms with E-state index in [0.717, 1.165) is 38.2 Å². The molecule has 0 spiro atoms. The lowest BCUT2D eigenvalue weighted by Gasteiger charge is -2.16. The summed E-state index contributed by atoms with van der Waals surface area (Å²) in [6.45, 7) is 3.07. The summed E-state index contributed by atoms with van der Waals surface area (Å²) in [6.07, 6.45) is 3.37. The maximum atomic E-state index is 5.75. The van der Waals surface area contributed by atoms with Crippen LogP contribution in [0.3, 0.4) is 0 Å². The summed E-state index contributed by atoms with van der Waals surface area (Å²) in [5.41, 5.74) is 7.93. The number of nitrogens with two attached hydrogens (primary N) is 1. The molecule has 96 valence electrons. The molecule has 0 radical (unpaired) electrons. The molecule has 0 unspecified atom stereocenters. The van der Waals surface area contributed by atoms with Gasteiger partial charge in [0.2, 0.25) is 0 Å². The SMILES string of the molecule is COCCCN(C)CCCc1cccc(N)c1. The molecule has 17 heavy (non-hydrogen) atoms. The van der Waals surface area contributed by atoms with Gasteiger partial charge in [0.15, 0.2) is 0 Å². The molecule has 0 saturated heterocycles. The Kier molecular flexibility index (Phi) is 6.67. The molecule has 0 heterocycles. The van der Waals surface area contributed by atoms with Gasteiger partial charge in [-0.3, -0.25) is 0 Å². The van der Waals surface area contributed by atoms with E-state index in [4.69, 9.17) is 10.5 Å². The van der Waals surface area contributed by atoms with E-state index in [1.807, 2.05) is 12.1 Å². The maximum absolute atomic E-state index is 5.75. The predicted molar refractivity (Wildman–Crippen MR) is 73.2 cm³/mol. The first-order chi connectivity index (χ1) is 8.22. The third-order valence-corrected chi connectivity index (χ3v) is 2.84. The van der Waals surface area contributed by atoms with Gasteiger partial charge in [0.1, 0.15) is 0 Å². The van der Waals surface area contributed by atoms with Crippen molar-refractivity contribution >= 4 is 5.69 Å². The molecule has 0 aliphatic rings. The highest BCUT2D eigenvalue weighted by molar-refractivity contribution is 5.40. The van der Waals surface area contributed by atoms with Crippen molar-refractivity contribution < 1.29 is 4.74 Å². The first-order valence-corrected chi connectivity index (χ1v) is 6.24. The van der Waals surface area contributed by atoms with Gasteiger partial charge in [0.25, 0.3) is 0 Å². The van der Waals surface area contributed by atoms with E-state index < -0.39 is 0 Å². The summed E-state index contributed by atoms with van der Waals surface area (Å²) in [4.78, 5) is 2.35. The topological polar surface area (TPSA) is 38.5 Å². The molecule has 3 heteroatoms. The summed E-state index contributed by atoms with van der Waals surface area (Å²) < 4.78 is 5.04. The minimum Gasteiger partial charge on any atom is -0.399 e. The van der Waals surface area contributed by atoms with Crippen LogP contribution in [0.2, 0.25) is 0 Å². The molecule has 0 aliphatic carbocycles. The quantitative estimate of drug-likeness (QED) is 0.555. The molecule has 0 saturated carbocycles. The molecule has 0 bridgehead atoms. The van der Waals surface area contributed by atoms with Crippen molar-refractivity contribution in [3.8, 4) is 0 Å². The number of anilines is 1. The highest BCUT2D eigenvalue weighted by atomic mass is 16.5. The van der Waals surface area contributed by atoms with Crippen molar-refractivity contribution in [1.29, 1.82) is 0 Å². The molecule has 3 nitrogen and oxygen atoms in total. The second-order valence-electron chi connectivity index (χ2n) is 4.50. The molecule has 0 aliphatic heterocycles. The van der Waals surface area contributed by atoms with Crippen molar-refractivity contribution in [2.75, 3.05) is 39.6 Å². The van der Waals surface area contributed by atoms with Gasteiger partial charge in [-0.15, -0.1) is 0 Å².